The Morgan fingerprint density at radius 1 is 1.28 bits per heavy atom. The number of esters is 1. The van der Waals surface area contributed by atoms with Gasteiger partial charge in [-0.3, -0.25) is 4.79 Å². The molecule has 1 fully saturated rings. The maximum absolute atomic E-state index is 12.9. The van der Waals surface area contributed by atoms with Gasteiger partial charge in [-0.1, -0.05) is 23.4 Å². The number of nitrogens with zero attached hydrogens (tertiary/aromatic N) is 1. The summed E-state index contributed by atoms with van der Waals surface area (Å²) in [7, 11) is 0. The molecule has 5 nitrogen and oxygen atoms in total. The van der Waals surface area contributed by atoms with E-state index in [4.69, 9.17) is 9.84 Å². The van der Waals surface area contributed by atoms with Gasteiger partial charge in [-0.25, -0.2) is 14.2 Å². The van der Waals surface area contributed by atoms with Gasteiger partial charge in [0.2, 0.25) is 0 Å². The van der Waals surface area contributed by atoms with Crippen LogP contribution in [0.2, 0.25) is 0 Å². The van der Waals surface area contributed by atoms with Crippen molar-refractivity contribution in [2.75, 3.05) is 5.75 Å². The number of carbonyl (C=O) groups excluding carboxylic acids is 1. The average Bonchev–Trinajstić information content (AvgIpc) is 3.35. The number of aromatic nitrogens is 1. The van der Waals surface area contributed by atoms with E-state index in [2.05, 4.69) is 11.1 Å². The molecule has 32 heavy (non-hydrogen) atoms. The highest BCUT2D eigenvalue weighted by molar-refractivity contribution is 8.01. The first-order valence-corrected chi connectivity index (χ1v) is 12.4. The number of unbranched alkanes of at least 4 members (excludes halogenated alkanes) is 2. The molecule has 1 N–H and O–H groups in total. The summed E-state index contributed by atoms with van der Waals surface area (Å²) in [5.74, 6) is -1.59. The Morgan fingerprint density at radius 2 is 2.03 bits per heavy atom. The Hall–Kier alpha value is -1.81. The predicted octanol–water partition coefficient (Wildman–Crippen LogP) is 6.87. The molecule has 1 aliphatic carbocycles. The number of thiazole rings is 1. The lowest BCUT2D eigenvalue weighted by atomic mass is 9.86. The van der Waals surface area contributed by atoms with Crippen LogP contribution in [0.5, 0.6) is 0 Å². The molecular weight excluding hydrogens is 463 g/mol. The first-order valence-electron chi connectivity index (χ1n) is 10.5. The molecule has 3 atom stereocenters. The number of allylic oxidation sites excluding steroid dienone is 3. The number of rotatable bonds is 12. The van der Waals surface area contributed by atoms with Crippen molar-refractivity contribution < 1.29 is 32.6 Å². The summed E-state index contributed by atoms with van der Waals surface area (Å²) in [5.41, 5.74) is 1.21. The van der Waals surface area contributed by atoms with Crippen LogP contribution in [0.15, 0.2) is 33.3 Å². The number of hydrogen-bond acceptors (Lipinski definition) is 6. The molecule has 0 saturated heterocycles. The lowest BCUT2D eigenvalue weighted by Crippen LogP contribution is -2.25. The normalized spacial score (nSPS) is 20.9. The Morgan fingerprint density at radius 3 is 2.66 bits per heavy atom. The fourth-order valence-electron chi connectivity index (χ4n) is 4.05. The van der Waals surface area contributed by atoms with Gasteiger partial charge in [0.25, 0.3) is 0 Å². The zero-order valence-electron chi connectivity index (χ0n) is 18.1. The molecule has 1 aromatic heterocycles. The van der Waals surface area contributed by atoms with E-state index in [0.717, 1.165) is 25.0 Å². The third kappa shape index (κ3) is 8.27. The number of hydrogen-bond donors (Lipinski definition) is 1. The van der Waals surface area contributed by atoms with Crippen LogP contribution >= 0.6 is 23.1 Å². The fraction of sp³-hybridized carbons (Fsp3) is 0.591. The molecule has 0 amide bonds. The van der Waals surface area contributed by atoms with Gasteiger partial charge in [0.05, 0.1) is 0 Å². The summed E-state index contributed by atoms with van der Waals surface area (Å²) in [6.07, 6.45) is 3.54. The summed E-state index contributed by atoms with van der Waals surface area (Å²) >= 11 is 2.79. The van der Waals surface area contributed by atoms with E-state index in [1.54, 1.807) is 0 Å². The summed E-state index contributed by atoms with van der Waals surface area (Å²) in [4.78, 5) is 26.6. The smallest absolute Gasteiger partial charge is 0.355 e. The van der Waals surface area contributed by atoms with Crippen molar-refractivity contribution in [1.29, 1.82) is 0 Å². The van der Waals surface area contributed by atoms with Crippen LogP contribution < -0.4 is 0 Å². The Balaban J connectivity index is 1.92. The van der Waals surface area contributed by atoms with Crippen LogP contribution in [0.1, 0.15) is 69.3 Å². The molecule has 1 heterocycles. The lowest BCUT2D eigenvalue weighted by Gasteiger charge is -2.25. The van der Waals surface area contributed by atoms with Crippen LogP contribution in [0.4, 0.5) is 13.2 Å². The topological polar surface area (TPSA) is 76.5 Å². The largest absolute Gasteiger partial charge is 0.476 e. The van der Waals surface area contributed by atoms with Crippen LogP contribution in [0.3, 0.4) is 0 Å². The standard InChI is InChI=1S/C22H28F3NO4S2/c1-13(6-4-3-5-7-17(23)20(24)25)15-8-9-19(30-14(2)27)16(15)10-11-31-22-26-18(12-32-22)21(28)29/h6,12,15-16,19H,3-5,7-11H2,1-2H3,(H,28,29)/b13-6+/t15-,16+,19-/m0/s1. The molecule has 1 aromatic rings. The second kappa shape index (κ2) is 13.0. The van der Waals surface area contributed by atoms with Crippen molar-refractivity contribution in [3.63, 3.8) is 0 Å². The lowest BCUT2D eigenvalue weighted by molar-refractivity contribution is -0.148. The SMILES string of the molecule is CC(=O)O[C@H]1CC[C@@H](/C(C)=C/CCCCC(F)=C(F)F)[C@H]1CCSc1nc(C(=O)O)cs1. The number of carbonyl (C=O) groups is 2. The van der Waals surface area contributed by atoms with Crippen LogP contribution in [-0.4, -0.2) is 33.9 Å². The van der Waals surface area contributed by atoms with Gasteiger partial charge in [-0.05, 0) is 51.4 Å². The van der Waals surface area contributed by atoms with Crippen LogP contribution in [0.25, 0.3) is 0 Å². The van der Waals surface area contributed by atoms with Crippen molar-refractivity contribution in [2.24, 2.45) is 11.8 Å². The van der Waals surface area contributed by atoms with Gasteiger partial charge in [0.15, 0.2) is 15.9 Å². The van der Waals surface area contributed by atoms with Crippen LogP contribution in [-0.2, 0) is 9.53 Å². The number of halogens is 3. The van der Waals surface area contributed by atoms with Gasteiger partial charge in [-0.15, -0.1) is 11.3 Å². The van der Waals surface area contributed by atoms with E-state index in [1.807, 2.05) is 6.92 Å². The highest BCUT2D eigenvalue weighted by atomic mass is 32.2. The Bertz CT molecular complexity index is 852. The first-order chi connectivity index (χ1) is 15.2. The first kappa shape index (κ1) is 26.4. The second-order valence-corrected chi connectivity index (χ2v) is 10.00. The monoisotopic (exact) mass is 491 g/mol. The molecular formula is C22H28F3NO4S2. The number of aromatic carboxylic acids is 1. The molecule has 178 valence electrons. The third-order valence-corrected chi connectivity index (χ3v) is 7.61. The van der Waals surface area contributed by atoms with E-state index in [0.29, 0.717) is 23.6 Å². The van der Waals surface area contributed by atoms with E-state index >= 15 is 0 Å². The van der Waals surface area contributed by atoms with E-state index < -0.39 is 17.9 Å². The molecule has 0 aliphatic heterocycles. The number of thioether (sulfide) groups is 1. The summed E-state index contributed by atoms with van der Waals surface area (Å²) in [6.45, 7) is 3.43. The van der Waals surface area contributed by atoms with Crippen molar-refractivity contribution >= 4 is 35.0 Å². The molecule has 10 heteroatoms. The molecule has 0 unspecified atom stereocenters. The third-order valence-electron chi connectivity index (χ3n) is 5.56. The predicted molar refractivity (Wildman–Crippen MR) is 119 cm³/mol. The van der Waals surface area contributed by atoms with Crippen LogP contribution in [0, 0.1) is 11.8 Å². The molecule has 1 aliphatic rings. The van der Waals surface area contributed by atoms with E-state index in [1.165, 1.54) is 41.0 Å². The quantitative estimate of drug-likeness (QED) is 0.149. The average molecular weight is 492 g/mol. The second-order valence-electron chi connectivity index (χ2n) is 7.80. The van der Waals surface area contributed by atoms with Gasteiger partial charge < -0.3 is 9.84 Å². The molecule has 2 rings (SSSR count). The minimum absolute atomic E-state index is 0.0393. The maximum Gasteiger partial charge on any atom is 0.355 e. The Labute approximate surface area is 194 Å². The van der Waals surface area contributed by atoms with Gasteiger partial charge >= 0.3 is 18.0 Å². The van der Waals surface area contributed by atoms with Gasteiger partial charge in [0, 0.05) is 30.4 Å². The molecule has 1 saturated carbocycles. The molecule has 0 aromatic carbocycles. The number of carboxylic acid groups (broad SMARTS) is 1. The zero-order valence-corrected chi connectivity index (χ0v) is 19.7. The maximum atomic E-state index is 12.9. The van der Waals surface area contributed by atoms with E-state index in [-0.39, 0.29) is 36.0 Å². The highest BCUT2D eigenvalue weighted by Gasteiger charge is 2.38. The summed E-state index contributed by atoms with van der Waals surface area (Å²) < 4.78 is 43.3. The summed E-state index contributed by atoms with van der Waals surface area (Å²) in [6, 6.07) is 0. The molecule has 0 spiro atoms. The van der Waals surface area contributed by atoms with Crippen molar-refractivity contribution in [1.82, 2.24) is 4.98 Å². The summed E-state index contributed by atoms with van der Waals surface area (Å²) in [5, 5.41) is 10.5. The highest BCUT2D eigenvalue weighted by Crippen LogP contribution is 2.42. The fourth-order valence-corrected chi connectivity index (χ4v) is 5.96. The minimum atomic E-state index is -2.24. The van der Waals surface area contributed by atoms with Crippen molar-refractivity contribution in [3.05, 3.63) is 34.6 Å². The van der Waals surface area contributed by atoms with Crippen molar-refractivity contribution in [3.8, 4) is 0 Å². The van der Waals surface area contributed by atoms with Crippen molar-refractivity contribution in [2.45, 2.75) is 69.2 Å². The molecule has 0 bridgehead atoms. The van der Waals surface area contributed by atoms with E-state index in [9.17, 15) is 22.8 Å². The van der Waals surface area contributed by atoms with Gasteiger partial charge in [-0.2, -0.15) is 8.78 Å². The zero-order chi connectivity index (χ0) is 23.7. The minimum Gasteiger partial charge on any atom is -0.476 e. The molecule has 0 radical (unpaired) electrons. The number of carboxylic acids is 1. The number of ether oxygens (including phenoxy) is 1. The van der Waals surface area contributed by atoms with Gasteiger partial charge in [0.1, 0.15) is 6.10 Å². The Kier molecular flexibility index (Phi) is 10.8.